The van der Waals surface area contributed by atoms with Gasteiger partial charge in [0.25, 0.3) is 0 Å². The SMILES string of the molecule is CC(=O)Nc1ccsc1CNc1cn(C)nc1C. The molecule has 2 rings (SSSR count). The second-order valence-electron chi connectivity index (χ2n) is 4.09. The van der Waals surface area contributed by atoms with Gasteiger partial charge < -0.3 is 10.6 Å². The molecule has 0 aliphatic rings. The van der Waals surface area contributed by atoms with E-state index in [9.17, 15) is 4.79 Å². The van der Waals surface area contributed by atoms with Crippen LogP contribution in [0.25, 0.3) is 0 Å². The minimum Gasteiger partial charge on any atom is -0.377 e. The fourth-order valence-electron chi connectivity index (χ4n) is 1.73. The predicted octanol–water partition coefficient (Wildman–Crippen LogP) is 2.36. The number of aryl methyl sites for hydroxylation is 2. The number of thiophene rings is 1. The summed E-state index contributed by atoms with van der Waals surface area (Å²) in [5, 5.41) is 12.4. The third kappa shape index (κ3) is 2.89. The van der Waals surface area contributed by atoms with Crippen LogP contribution in [0.2, 0.25) is 0 Å². The molecule has 0 aromatic carbocycles. The number of hydrogen-bond acceptors (Lipinski definition) is 4. The van der Waals surface area contributed by atoms with Crippen LogP contribution in [0.3, 0.4) is 0 Å². The van der Waals surface area contributed by atoms with Crippen molar-refractivity contribution < 1.29 is 4.79 Å². The van der Waals surface area contributed by atoms with Gasteiger partial charge in [-0.1, -0.05) is 0 Å². The van der Waals surface area contributed by atoms with Crippen molar-refractivity contribution in [1.82, 2.24) is 9.78 Å². The summed E-state index contributed by atoms with van der Waals surface area (Å²) in [6.45, 7) is 4.16. The van der Waals surface area contributed by atoms with E-state index in [4.69, 9.17) is 0 Å². The van der Waals surface area contributed by atoms with Crippen LogP contribution in [0, 0.1) is 6.92 Å². The third-order valence-corrected chi connectivity index (χ3v) is 3.43. The van der Waals surface area contributed by atoms with Gasteiger partial charge >= 0.3 is 0 Å². The number of aromatic nitrogens is 2. The Labute approximate surface area is 110 Å². The van der Waals surface area contributed by atoms with Gasteiger partial charge in [0.1, 0.15) is 0 Å². The van der Waals surface area contributed by atoms with Crippen molar-refractivity contribution >= 4 is 28.6 Å². The van der Waals surface area contributed by atoms with Gasteiger partial charge in [-0.3, -0.25) is 9.48 Å². The Morgan fingerprint density at radius 3 is 2.89 bits per heavy atom. The summed E-state index contributed by atoms with van der Waals surface area (Å²) in [7, 11) is 1.89. The summed E-state index contributed by atoms with van der Waals surface area (Å²) < 4.78 is 1.78. The molecular formula is C12H16N4OS. The molecule has 2 N–H and O–H groups in total. The van der Waals surface area contributed by atoms with Gasteiger partial charge in [-0.25, -0.2) is 0 Å². The minimum absolute atomic E-state index is 0.0489. The maximum Gasteiger partial charge on any atom is 0.221 e. The van der Waals surface area contributed by atoms with Gasteiger partial charge in [0.2, 0.25) is 5.91 Å². The molecule has 2 heterocycles. The largest absolute Gasteiger partial charge is 0.377 e. The second kappa shape index (κ2) is 5.22. The normalized spacial score (nSPS) is 10.4. The molecular weight excluding hydrogens is 248 g/mol. The third-order valence-electron chi connectivity index (χ3n) is 2.51. The Morgan fingerprint density at radius 1 is 1.50 bits per heavy atom. The number of nitrogens with one attached hydrogen (secondary N) is 2. The Balaban J connectivity index is 2.04. The maximum absolute atomic E-state index is 11.1. The molecule has 0 radical (unpaired) electrons. The zero-order valence-corrected chi connectivity index (χ0v) is 11.5. The van der Waals surface area contributed by atoms with E-state index in [-0.39, 0.29) is 5.91 Å². The van der Waals surface area contributed by atoms with Crippen LogP contribution in [0.4, 0.5) is 11.4 Å². The van der Waals surface area contributed by atoms with Crippen LogP contribution in [-0.2, 0) is 18.4 Å². The summed E-state index contributed by atoms with van der Waals surface area (Å²) in [5.41, 5.74) is 2.86. The van der Waals surface area contributed by atoms with E-state index in [0.29, 0.717) is 6.54 Å². The van der Waals surface area contributed by atoms with Crippen LogP contribution in [-0.4, -0.2) is 15.7 Å². The molecule has 2 aromatic heterocycles. The van der Waals surface area contributed by atoms with E-state index in [1.165, 1.54) is 6.92 Å². The van der Waals surface area contributed by atoms with Gasteiger partial charge in [-0.2, -0.15) is 5.10 Å². The summed E-state index contributed by atoms with van der Waals surface area (Å²) in [6, 6.07) is 1.92. The predicted molar refractivity (Wildman–Crippen MR) is 73.9 cm³/mol. The summed E-state index contributed by atoms with van der Waals surface area (Å²) in [4.78, 5) is 12.2. The Kier molecular flexibility index (Phi) is 3.66. The van der Waals surface area contributed by atoms with E-state index in [0.717, 1.165) is 21.9 Å². The molecule has 0 aliphatic heterocycles. The molecule has 5 nitrogen and oxygen atoms in total. The lowest BCUT2D eigenvalue weighted by molar-refractivity contribution is -0.114. The molecule has 0 fully saturated rings. The van der Waals surface area contributed by atoms with Crippen molar-refractivity contribution in [3.05, 3.63) is 28.2 Å². The monoisotopic (exact) mass is 264 g/mol. The smallest absolute Gasteiger partial charge is 0.221 e. The van der Waals surface area contributed by atoms with Crippen molar-refractivity contribution in [2.75, 3.05) is 10.6 Å². The average molecular weight is 264 g/mol. The quantitative estimate of drug-likeness (QED) is 0.891. The van der Waals surface area contributed by atoms with Gasteiger partial charge in [0, 0.05) is 25.0 Å². The topological polar surface area (TPSA) is 59.0 Å². The van der Waals surface area contributed by atoms with E-state index < -0.39 is 0 Å². The molecule has 2 aromatic rings. The Bertz CT molecular complexity index is 558. The maximum atomic E-state index is 11.1. The number of nitrogens with zero attached hydrogens (tertiary/aromatic N) is 2. The van der Waals surface area contributed by atoms with Gasteiger partial charge in [-0.05, 0) is 18.4 Å². The molecule has 96 valence electrons. The lowest BCUT2D eigenvalue weighted by atomic mass is 10.3. The number of anilines is 2. The van der Waals surface area contributed by atoms with Crippen LogP contribution >= 0.6 is 11.3 Å². The van der Waals surface area contributed by atoms with E-state index >= 15 is 0 Å². The second-order valence-corrected chi connectivity index (χ2v) is 5.09. The van der Waals surface area contributed by atoms with Crippen LogP contribution in [0.15, 0.2) is 17.6 Å². The first-order chi connectivity index (χ1) is 8.56. The van der Waals surface area contributed by atoms with Gasteiger partial charge in [-0.15, -0.1) is 11.3 Å². The molecule has 1 amide bonds. The standard InChI is InChI=1S/C12H16N4OS/c1-8-11(7-16(3)15-8)13-6-12-10(4-5-18-12)14-9(2)17/h4-5,7,13H,6H2,1-3H3,(H,14,17). The van der Waals surface area contributed by atoms with Crippen LogP contribution < -0.4 is 10.6 Å². The first kappa shape index (κ1) is 12.6. The fraction of sp³-hybridized carbons (Fsp3) is 0.333. The molecule has 0 spiro atoms. The zero-order valence-electron chi connectivity index (χ0n) is 10.7. The number of carbonyl (C=O) groups is 1. The van der Waals surface area contributed by atoms with E-state index in [1.807, 2.05) is 31.6 Å². The number of amides is 1. The van der Waals surface area contributed by atoms with Crippen molar-refractivity contribution in [2.24, 2.45) is 7.05 Å². The van der Waals surface area contributed by atoms with E-state index in [1.54, 1.807) is 16.0 Å². The highest BCUT2D eigenvalue weighted by molar-refractivity contribution is 7.10. The molecule has 0 saturated heterocycles. The summed E-state index contributed by atoms with van der Waals surface area (Å²) >= 11 is 1.62. The van der Waals surface area contributed by atoms with E-state index in [2.05, 4.69) is 15.7 Å². The van der Waals surface area contributed by atoms with Gasteiger partial charge in [0.05, 0.1) is 23.6 Å². The van der Waals surface area contributed by atoms with Crippen molar-refractivity contribution in [1.29, 1.82) is 0 Å². The molecule has 0 atom stereocenters. The zero-order chi connectivity index (χ0) is 13.1. The first-order valence-corrected chi connectivity index (χ1v) is 6.52. The number of hydrogen-bond donors (Lipinski definition) is 2. The molecule has 0 saturated carbocycles. The van der Waals surface area contributed by atoms with Crippen LogP contribution in [0.1, 0.15) is 17.5 Å². The molecule has 0 aliphatic carbocycles. The van der Waals surface area contributed by atoms with Crippen molar-refractivity contribution in [2.45, 2.75) is 20.4 Å². The molecule has 6 heteroatoms. The van der Waals surface area contributed by atoms with Crippen molar-refractivity contribution in [3.63, 3.8) is 0 Å². The highest BCUT2D eigenvalue weighted by atomic mass is 32.1. The van der Waals surface area contributed by atoms with Gasteiger partial charge in [0.15, 0.2) is 0 Å². The highest BCUT2D eigenvalue weighted by Gasteiger charge is 2.07. The first-order valence-electron chi connectivity index (χ1n) is 5.64. The van der Waals surface area contributed by atoms with Crippen molar-refractivity contribution in [3.8, 4) is 0 Å². The average Bonchev–Trinajstić information content (AvgIpc) is 2.82. The molecule has 18 heavy (non-hydrogen) atoms. The minimum atomic E-state index is -0.0489. The lowest BCUT2D eigenvalue weighted by Gasteiger charge is -2.06. The Hall–Kier alpha value is -1.82. The highest BCUT2D eigenvalue weighted by Crippen LogP contribution is 2.24. The summed E-state index contributed by atoms with van der Waals surface area (Å²) in [5.74, 6) is -0.0489. The number of rotatable bonds is 4. The molecule has 0 unspecified atom stereocenters. The molecule has 0 bridgehead atoms. The summed E-state index contributed by atoms with van der Waals surface area (Å²) in [6.07, 6.45) is 1.95. The Morgan fingerprint density at radius 2 is 2.28 bits per heavy atom. The lowest BCUT2D eigenvalue weighted by Crippen LogP contribution is -2.08. The van der Waals surface area contributed by atoms with Crippen LogP contribution in [0.5, 0.6) is 0 Å². The fourth-order valence-corrected chi connectivity index (χ4v) is 2.50. The number of carbonyl (C=O) groups excluding carboxylic acids is 1.